The van der Waals surface area contributed by atoms with Gasteiger partial charge in [0.1, 0.15) is 0 Å². The van der Waals surface area contributed by atoms with Gasteiger partial charge in [0.2, 0.25) is 11.8 Å². The Morgan fingerprint density at radius 1 is 0.781 bits per heavy atom. The maximum atomic E-state index is 11.2. The second-order valence-corrected chi connectivity index (χ2v) is 6.65. The van der Waals surface area contributed by atoms with Gasteiger partial charge in [-0.05, 0) is 37.1 Å². The molecule has 2 aromatic rings. The smallest absolute Gasteiger partial charge is 0.312 e. The lowest BCUT2D eigenvalue weighted by Crippen LogP contribution is -2.08. The molecule has 2 N–H and O–H groups in total. The van der Waals surface area contributed by atoms with Gasteiger partial charge < -0.3 is 20.1 Å². The van der Waals surface area contributed by atoms with Crippen molar-refractivity contribution < 1.29 is 28.9 Å². The van der Waals surface area contributed by atoms with Gasteiger partial charge in [0.25, 0.3) is 0 Å². The predicted octanol–water partition coefficient (Wildman–Crippen LogP) is 3.66. The number of carbonyl (C=O) groups excluding carboxylic acids is 2. The maximum absolute atomic E-state index is 11.2. The first kappa shape index (κ1) is 24.1. The minimum Gasteiger partial charge on any atom is -0.487 e. The van der Waals surface area contributed by atoms with Gasteiger partial charge >= 0.3 is 11.4 Å². The quantitative estimate of drug-likeness (QED) is 0.300. The average molecular weight is 446 g/mol. The van der Waals surface area contributed by atoms with E-state index in [-0.39, 0.29) is 59.3 Å². The second kappa shape index (κ2) is 11.2. The summed E-state index contributed by atoms with van der Waals surface area (Å²) in [6, 6.07) is 8.22. The van der Waals surface area contributed by atoms with Crippen molar-refractivity contribution in [1.29, 1.82) is 0 Å². The number of nitrogens with one attached hydrogen (secondary N) is 2. The molecule has 0 saturated carbocycles. The summed E-state index contributed by atoms with van der Waals surface area (Å²) in [6.45, 7) is 2.91. The van der Waals surface area contributed by atoms with Crippen molar-refractivity contribution in [3.05, 3.63) is 56.6 Å². The number of nitrogens with zero attached hydrogens (tertiary/aromatic N) is 2. The first-order chi connectivity index (χ1) is 15.2. The summed E-state index contributed by atoms with van der Waals surface area (Å²) in [5.74, 6) is -0.570. The highest BCUT2D eigenvalue weighted by molar-refractivity contribution is 5.89. The Balaban J connectivity index is 1.87. The fourth-order valence-corrected chi connectivity index (χ4v) is 2.69. The molecular weight excluding hydrogens is 424 g/mol. The van der Waals surface area contributed by atoms with E-state index >= 15 is 0 Å². The Morgan fingerprint density at radius 3 is 1.47 bits per heavy atom. The van der Waals surface area contributed by atoms with Crippen LogP contribution in [0.3, 0.4) is 0 Å². The lowest BCUT2D eigenvalue weighted by molar-refractivity contribution is -0.386. The highest BCUT2D eigenvalue weighted by Crippen LogP contribution is 2.31. The number of rotatable bonds is 11. The number of anilines is 2. The standard InChI is InChI=1S/C20H22N4O8/c1-13(25)21-15-5-7-19(17(11-15)23(27)28)31-9-3-4-10-32-20-8-6-16(22-14(2)26)12-18(20)24(29)30/h5-8,11-12H,3-4,9-10H2,1-2H3,(H,21,25)(H,22,26). The molecule has 0 spiro atoms. The van der Waals surface area contributed by atoms with Gasteiger partial charge in [0.05, 0.1) is 23.1 Å². The van der Waals surface area contributed by atoms with Crippen molar-refractivity contribution in [1.82, 2.24) is 0 Å². The van der Waals surface area contributed by atoms with E-state index in [2.05, 4.69) is 10.6 Å². The van der Waals surface area contributed by atoms with Crippen molar-refractivity contribution in [3.63, 3.8) is 0 Å². The first-order valence-electron chi connectivity index (χ1n) is 9.55. The third-order valence-corrected chi connectivity index (χ3v) is 4.01. The molecule has 170 valence electrons. The van der Waals surface area contributed by atoms with Gasteiger partial charge in [0, 0.05) is 37.4 Å². The van der Waals surface area contributed by atoms with Crippen LogP contribution in [0.15, 0.2) is 36.4 Å². The SMILES string of the molecule is CC(=O)Nc1ccc(OCCCCOc2ccc(NC(C)=O)cc2[N+](=O)[O-])c([N+](=O)[O-])c1. The van der Waals surface area contributed by atoms with Crippen molar-refractivity contribution >= 4 is 34.6 Å². The van der Waals surface area contributed by atoms with E-state index in [1.807, 2.05) is 0 Å². The van der Waals surface area contributed by atoms with E-state index in [0.29, 0.717) is 12.8 Å². The fourth-order valence-electron chi connectivity index (χ4n) is 2.69. The molecule has 2 rings (SSSR count). The van der Waals surface area contributed by atoms with Gasteiger partial charge in [-0.3, -0.25) is 29.8 Å². The Bertz CT molecular complexity index is 943. The number of ether oxygens (including phenoxy) is 2. The third-order valence-electron chi connectivity index (χ3n) is 4.01. The zero-order valence-corrected chi connectivity index (χ0v) is 17.5. The largest absolute Gasteiger partial charge is 0.487 e. The molecule has 12 nitrogen and oxygen atoms in total. The molecule has 0 bridgehead atoms. The summed E-state index contributed by atoms with van der Waals surface area (Å²) in [7, 11) is 0. The summed E-state index contributed by atoms with van der Waals surface area (Å²) in [5.41, 5.74) is 0.0249. The summed E-state index contributed by atoms with van der Waals surface area (Å²) >= 11 is 0. The average Bonchev–Trinajstić information content (AvgIpc) is 2.71. The number of nitro groups is 2. The first-order valence-corrected chi connectivity index (χ1v) is 9.55. The summed E-state index contributed by atoms with van der Waals surface area (Å²) < 4.78 is 10.9. The van der Waals surface area contributed by atoms with Crippen molar-refractivity contribution in [2.24, 2.45) is 0 Å². The second-order valence-electron chi connectivity index (χ2n) is 6.65. The van der Waals surface area contributed by atoms with Crippen LogP contribution in [0.25, 0.3) is 0 Å². The van der Waals surface area contributed by atoms with Crippen LogP contribution in [0.5, 0.6) is 11.5 Å². The molecule has 12 heteroatoms. The number of hydrogen-bond acceptors (Lipinski definition) is 8. The molecule has 0 heterocycles. The lowest BCUT2D eigenvalue weighted by Gasteiger charge is -2.10. The molecular formula is C20H22N4O8. The Kier molecular flexibility index (Phi) is 8.45. The Morgan fingerprint density at radius 2 is 1.16 bits per heavy atom. The molecule has 2 amide bonds. The van der Waals surface area contributed by atoms with E-state index in [4.69, 9.17) is 9.47 Å². The van der Waals surface area contributed by atoms with E-state index in [9.17, 15) is 29.8 Å². The molecule has 0 aliphatic carbocycles. The van der Waals surface area contributed by atoms with Gasteiger partial charge in [-0.25, -0.2) is 0 Å². The Labute approximate surface area is 182 Å². The number of benzene rings is 2. The third kappa shape index (κ3) is 7.23. The van der Waals surface area contributed by atoms with Crippen LogP contribution >= 0.6 is 0 Å². The minimum atomic E-state index is -0.604. The van der Waals surface area contributed by atoms with E-state index in [1.54, 1.807) is 0 Å². The molecule has 0 atom stereocenters. The van der Waals surface area contributed by atoms with E-state index in [1.165, 1.54) is 50.2 Å². The van der Waals surface area contributed by atoms with Crippen LogP contribution in [0, 0.1) is 20.2 Å². The van der Waals surface area contributed by atoms with Crippen LogP contribution in [-0.4, -0.2) is 34.9 Å². The fraction of sp³-hybridized carbons (Fsp3) is 0.300. The summed E-state index contributed by atoms with van der Waals surface area (Å²) in [5, 5.41) is 27.4. The van der Waals surface area contributed by atoms with Crippen molar-refractivity contribution in [2.45, 2.75) is 26.7 Å². The normalized spacial score (nSPS) is 10.2. The number of nitro benzene ring substituents is 2. The molecule has 2 aromatic carbocycles. The van der Waals surface area contributed by atoms with E-state index < -0.39 is 9.85 Å². The molecule has 0 radical (unpaired) electrons. The number of hydrogen-bond donors (Lipinski definition) is 2. The topological polar surface area (TPSA) is 163 Å². The van der Waals surface area contributed by atoms with E-state index in [0.717, 1.165) is 0 Å². The zero-order valence-electron chi connectivity index (χ0n) is 17.5. The predicted molar refractivity (Wildman–Crippen MR) is 115 cm³/mol. The van der Waals surface area contributed by atoms with Crippen LogP contribution in [0.1, 0.15) is 26.7 Å². The molecule has 0 aliphatic heterocycles. The lowest BCUT2D eigenvalue weighted by atomic mass is 10.2. The number of carbonyl (C=O) groups is 2. The number of amides is 2. The van der Waals surface area contributed by atoms with Gasteiger partial charge in [-0.15, -0.1) is 0 Å². The summed E-state index contributed by atoms with van der Waals surface area (Å²) in [4.78, 5) is 43.5. The molecule has 0 fully saturated rings. The van der Waals surface area contributed by atoms with Gasteiger partial charge in [0.15, 0.2) is 11.5 Å². The Hall–Kier alpha value is -4.22. The van der Waals surface area contributed by atoms with Gasteiger partial charge in [-0.2, -0.15) is 0 Å². The molecule has 32 heavy (non-hydrogen) atoms. The molecule has 0 unspecified atom stereocenters. The van der Waals surface area contributed by atoms with Gasteiger partial charge in [-0.1, -0.05) is 0 Å². The van der Waals surface area contributed by atoms with Crippen LogP contribution < -0.4 is 20.1 Å². The molecule has 0 saturated heterocycles. The summed E-state index contributed by atoms with van der Waals surface area (Å²) in [6.07, 6.45) is 0.949. The minimum absolute atomic E-state index is 0.0641. The number of unbranched alkanes of at least 4 members (excludes halogenated alkanes) is 1. The van der Waals surface area contributed by atoms with Crippen LogP contribution in [0.2, 0.25) is 0 Å². The van der Waals surface area contributed by atoms with Crippen molar-refractivity contribution in [3.8, 4) is 11.5 Å². The maximum Gasteiger partial charge on any atom is 0.312 e. The highest BCUT2D eigenvalue weighted by atomic mass is 16.6. The van der Waals surface area contributed by atoms with Crippen molar-refractivity contribution in [2.75, 3.05) is 23.8 Å². The van der Waals surface area contributed by atoms with Crippen LogP contribution in [-0.2, 0) is 9.59 Å². The monoisotopic (exact) mass is 446 g/mol. The molecule has 0 aromatic heterocycles. The van der Waals surface area contributed by atoms with Crippen LogP contribution in [0.4, 0.5) is 22.7 Å². The highest BCUT2D eigenvalue weighted by Gasteiger charge is 2.18. The zero-order chi connectivity index (χ0) is 23.7. The molecule has 0 aliphatic rings.